The first-order valence-electron chi connectivity index (χ1n) is 8.90. The molecule has 0 bridgehead atoms. The fourth-order valence-corrected chi connectivity index (χ4v) is 2.69. The molecule has 1 N–H and O–H groups in total. The molecule has 144 valence electrons. The van der Waals surface area contributed by atoms with E-state index in [1.54, 1.807) is 12.3 Å². The Morgan fingerprint density at radius 3 is 2.39 bits per heavy atom. The zero-order valence-corrected chi connectivity index (χ0v) is 15.6. The molecule has 0 aliphatic carbocycles. The quantitative estimate of drug-likeness (QED) is 0.710. The van der Waals surface area contributed by atoms with Crippen LogP contribution in [0.15, 0.2) is 59.5 Å². The van der Waals surface area contributed by atoms with Gasteiger partial charge in [0.1, 0.15) is 17.3 Å². The molecular formula is C20H20FN5O2. The molecule has 1 amide bonds. The number of pyridine rings is 1. The Labute approximate surface area is 161 Å². The predicted molar refractivity (Wildman–Crippen MR) is 106 cm³/mol. The van der Waals surface area contributed by atoms with Crippen LogP contribution in [0.25, 0.3) is 5.69 Å². The summed E-state index contributed by atoms with van der Waals surface area (Å²) < 4.78 is 14.1. The summed E-state index contributed by atoms with van der Waals surface area (Å²) in [5.41, 5.74) is 0.513. The Bertz CT molecular complexity index is 1010. The lowest BCUT2D eigenvalue weighted by Crippen LogP contribution is -2.25. The number of benzene rings is 1. The molecule has 7 nitrogen and oxygen atoms in total. The molecule has 0 radical (unpaired) electrons. The molecule has 0 spiro atoms. The molecule has 2 heterocycles. The van der Waals surface area contributed by atoms with Gasteiger partial charge in [0.15, 0.2) is 0 Å². The summed E-state index contributed by atoms with van der Waals surface area (Å²) >= 11 is 0. The van der Waals surface area contributed by atoms with Crippen LogP contribution >= 0.6 is 0 Å². The zero-order chi connectivity index (χ0) is 20.1. The van der Waals surface area contributed by atoms with Crippen molar-refractivity contribution in [2.45, 2.75) is 13.8 Å². The van der Waals surface area contributed by atoms with Gasteiger partial charge in [0.25, 0.3) is 11.5 Å². The molecule has 0 aliphatic heterocycles. The molecule has 28 heavy (non-hydrogen) atoms. The second kappa shape index (κ2) is 8.43. The lowest BCUT2D eigenvalue weighted by molar-refractivity contribution is 0.102. The van der Waals surface area contributed by atoms with E-state index in [0.717, 1.165) is 23.6 Å². The minimum Gasteiger partial charge on any atom is -0.357 e. The molecule has 0 saturated carbocycles. The molecule has 0 fully saturated rings. The summed E-state index contributed by atoms with van der Waals surface area (Å²) in [4.78, 5) is 31.0. The van der Waals surface area contributed by atoms with Crippen molar-refractivity contribution < 1.29 is 9.18 Å². The van der Waals surface area contributed by atoms with Crippen LogP contribution < -0.4 is 15.8 Å². The van der Waals surface area contributed by atoms with Crippen molar-refractivity contribution in [3.05, 3.63) is 76.6 Å². The van der Waals surface area contributed by atoms with Gasteiger partial charge in [-0.25, -0.2) is 9.37 Å². The van der Waals surface area contributed by atoms with Crippen molar-refractivity contribution in [1.29, 1.82) is 0 Å². The number of rotatable bonds is 6. The molecule has 3 rings (SSSR count). The van der Waals surface area contributed by atoms with Gasteiger partial charge in [0.2, 0.25) is 0 Å². The number of aromatic nitrogens is 3. The van der Waals surface area contributed by atoms with E-state index in [9.17, 15) is 14.0 Å². The lowest BCUT2D eigenvalue weighted by atomic mass is 10.3. The van der Waals surface area contributed by atoms with Gasteiger partial charge in [0, 0.05) is 19.2 Å². The van der Waals surface area contributed by atoms with Crippen LogP contribution in [-0.4, -0.2) is 33.8 Å². The van der Waals surface area contributed by atoms with Crippen molar-refractivity contribution >= 4 is 17.4 Å². The number of halogens is 1. The summed E-state index contributed by atoms with van der Waals surface area (Å²) in [5, 5.41) is 6.79. The first-order valence-corrected chi connectivity index (χ1v) is 8.90. The number of amides is 1. The Kier molecular flexibility index (Phi) is 5.78. The minimum absolute atomic E-state index is 0.0525. The van der Waals surface area contributed by atoms with Crippen LogP contribution in [0.4, 0.5) is 15.9 Å². The Morgan fingerprint density at radius 2 is 1.79 bits per heavy atom. The van der Waals surface area contributed by atoms with E-state index in [-0.39, 0.29) is 5.69 Å². The highest BCUT2D eigenvalue weighted by Gasteiger charge is 2.12. The Morgan fingerprint density at radius 1 is 1.07 bits per heavy atom. The first-order chi connectivity index (χ1) is 13.5. The molecule has 0 saturated heterocycles. The van der Waals surface area contributed by atoms with Gasteiger partial charge < -0.3 is 10.2 Å². The van der Waals surface area contributed by atoms with Crippen molar-refractivity contribution in [1.82, 2.24) is 14.8 Å². The van der Waals surface area contributed by atoms with Gasteiger partial charge in [-0.1, -0.05) is 0 Å². The molecule has 1 aromatic carbocycles. The average Bonchev–Trinajstić information content (AvgIpc) is 2.71. The number of nitrogens with one attached hydrogen (secondary N) is 1. The SMILES string of the molecule is CCN(CC)c1ccc(NC(=O)c2ccc(=O)n(-c3ccc(F)cc3)n2)cn1. The van der Waals surface area contributed by atoms with Crippen molar-refractivity contribution in [2.75, 3.05) is 23.3 Å². The largest absolute Gasteiger partial charge is 0.357 e. The van der Waals surface area contributed by atoms with Gasteiger partial charge in [-0.15, -0.1) is 0 Å². The number of carbonyl (C=O) groups excluding carboxylic acids is 1. The number of hydrogen-bond donors (Lipinski definition) is 1. The smallest absolute Gasteiger partial charge is 0.276 e. The third-order valence-electron chi connectivity index (χ3n) is 4.20. The fraction of sp³-hybridized carbons (Fsp3) is 0.200. The molecular weight excluding hydrogens is 361 g/mol. The standard InChI is InChI=1S/C20H20FN5O2/c1-3-25(4-2)18-11-7-15(13-22-18)23-20(28)17-10-12-19(27)26(24-17)16-8-5-14(21)6-9-16/h5-13H,3-4H2,1-2H3,(H,23,28). The lowest BCUT2D eigenvalue weighted by Gasteiger charge is -2.19. The highest BCUT2D eigenvalue weighted by molar-refractivity contribution is 6.02. The molecule has 0 aliphatic rings. The topological polar surface area (TPSA) is 80.1 Å². The van der Waals surface area contributed by atoms with Crippen LogP contribution in [0.5, 0.6) is 0 Å². The monoisotopic (exact) mass is 381 g/mol. The number of carbonyl (C=O) groups is 1. The maximum absolute atomic E-state index is 13.1. The third-order valence-corrected chi connectivity index (χ3v) is 4.20. The van der Waals surface area contributed by atoms with Gasteiger partial charge in [0.05, 0.1) is 17.6 Å². The number of anilines is 2. The minimum atomic E-state index is -0.478. The van der Waals surface area contributed by atoms with E-state index in [0.29, 0.717) is 11.4 Å². The zero-order valence-electron chi connectivity index (χ0n) is 15.6. The predicted octanol–water partition coefficient (Wildman–Crippen LogP) is 2.87. The van der Waals surface area contributed by atoms with Crippen LogP contribution in [0.3, 0.4) is 0 Å². The third kappa shape index (κ3) is 4.22. The summed E-state index contributed by atoms with van der Waals surface area (Å²) in [7, 11) is 0. The van der Waals surface area contributed by atoms with E-state index in [4.69, 9.17) is 0 Å². The Hall–Kier alpha value is -3.55. The van der Waals surface area contributed by atoms with Crippen molar-refractivity contribution in [3.8, 4) is 5.69 Å². The van der Waals surface area contributed by atoms with E-state index in [2.05, 4.69) is 20.3 Å². The van der Waals surface area contributed by atoms with Crippen LogP contribution in [-0.2, 0) is 0 Å². The van der Waals surface area contributed by atoms with Gasteiger partial charge in [-0.2, -0.15) is 9.78 Å². The number of hydrogen-bond acceptors (Lipinski definition) is 5. The molecule has 0 unspecified atom stereocenters. The van der Waals surface area contributed by atoms with Crippen molar-refractivity contribution in [3.63, 3.8) is 0 Å². The second-order valence-corrected chi connectivity index (χ2v) is 5.98. The molecule has 3 aromatic rings. The maximum Gasteiger partial charge on any atom is 0.276 e. The maximum atomic E-state index is 13.1. The van der Waals surface area contributed by atoms with Crippen LogP contribution in [0.2, 0.25) is 0 Å². The highest BCUT2D eigenvalue weighted by Crippen LogP contribution is 2.14. The normalized spacial score (nSPS) is 10.5. The summed E-state index contributed by atoms with van der Waals surface area (Å²) in [5.74, 6) is -0.0782. The Balaban J connectivity index is 1.80. The second-order valence-electron chi connectivity index (χ2n) is 5.98. The molecule has 2 aromatic heterocycles. The van der Waals surface area contributed by atoms with Gasteiger partial charge in [-0.3, -0.25) is 9.59 Å². The van der Waals surface area contributed by atoms with E-state index in [1.807, 2.05) is 19.9 Å². The van der Waals surface area contributed by atoms with Crippen LogP contribution in [0.1, 0.15) is 24.3 Å². The van der Waals surface area contributed by atoms with E-state index < -0.39 is 17.3 Å². The summed E-state index contributed by atoms with van der Waals surface area (Å²) in [6, 6.07) is 11.5. The fourth-order valence-electron chi connectivity index (χ4n) is 2.69. The molecule has 0 atom stereocenters. The first kappa shape index (κ1) is 19.2. The number of nitrogens with zero attached hydrogens (tertiary/aromatic N) is 4. The average molecular weight is 381 g/mol. The van der Waals surface area contributed by atoms with Crippen molar-refractivity contribution in [2.24, 2.45) is 0 Å². The van der Waals surface area contributed by atoms with E-state index >= 15 is 0 Å². The summed E-state index contributed by atoms with van der Waals surface area (Å²) in [6.07, 6.45) is 1.57. The van der Waals surface area contributed by atoms with Gasteiger partial charge >= 0.3 is 0 Å². The van der Waals surface area contributed by atoms with E-state index in [1.165, 1.54) is 36.4 Å². The van der Waals surface area contributed by atoms with Crippen LogP contribution in [0, 0.1) is 5.82 Å². The van der Waals surface area contributed by atoms with Gasteiger partial charge in [-0.05, 0) is 56.3 Å². The highest BCUT2D eigenvalue weighted by atomic mass is 19.1. The molecule has 8 heteroatoms. The summed E-state index contributed by atoms with van der Waals surface area (Å²) in [6.45, 7) is 5.76.